The average molecular weight is 823 g/mol. The van der Waals surface area contributed by atoms with Gasteiger partial charge in [0.2, 0.25) is 0 Å². The molecule has 250 valence electrons. The number of hydrogen-bond acceptors (Lipinski definition) is 5. The molecule has 0 N–H and O–H groups in total. The fourth-order valence-corrected chi connectivity index (χ4v) is 3.58. The summed E-state index contributed by atoms with van der Waals surface area (Å²) in [6, 6.07) is 36.6. The minimum absolute atomic E-state index is 0. The topological polar surface area (TPSA) is 0 Å². The van der Waals surface area contributed by atoms with Crippen LogP contribution in [0.2, 0.25) is 25.1 Å². The number of benzene rings is 5. The summed E-state index contributed by atoms with van der Waals surface area (Å²) >= 11 is 48.3. The van der Waals surface area contributed by atoms with E-state index in [-0.39, 0.29) is 23.5 Å². The van der Waals surface area contributed by atoms with Crippen molar-refractivity contribution in [2.24, 2.45) is 0 Å². The summed E-state index contributed by atoms with van der Waals surface area (Å²) in [5.41, 5.74) is 0. The molecule has 0 saturated carbocycles. The Morgan fingerprint density at radius 2 is 0.311 bits per heavy atom. The molecule has 0 fully saturated rings. The minimum atomic E-state index is 0. The molecule has 0 heterocycles. The van der Waals surface area contributed by atoms with E-state index in [2.05, 4.69) is 63.1 Å². The van der Waals surface area contributed by atoms with E-state index in [1.807, 2.05) is 121 Å². The van der Waals surface area contributed by atoms with Gasteiger partial charge < -0.3 is 0 Å². The van der Waals surface area contributed by atoms with Crippen LogP contribution in [0.4, 0.5) is 23.5 Å². The minimum Gasteiger partial charge on any atom is -0.269 e. The van der Waals surface area contributed by atoms with Crippen molar-refractivity contribution in [2.45, 2.75) is 24.5 Å². The molecule has 0 aliphatic heterocycles. The summed E-state index contributed by atoms with van der Waals surface area (Å²) in [4.78, 5) is 4.70. The summed E-state index contributed by atoms with van der Waals surface area (Å²) in [5, 5.41) is 3.76. The van der Waals surface area contributed by atoms with Crippen molar-refractivity contribution in [1.82, 2.24) is 0 Å². The second kappa shape index (κ2) is 31.5. The fraction of sp³-hybridized carbons (Fsp3) is 0. The molecule has 0 aliphatic rings. The average Bonchev–Trinajstić information content (AvgIpc) is 2.94. The van der Waals surface area contributed by atoms with E-state index in [1.165, 1.54) is 0 Å². The molecule has 0 bridgehead atoms. The maximum Gasteiger partial charge on any atom is 0.0406 e. The van der Waals surface area contributed by atoms with Crippen LogP contribution in [0.5, 0.6) is 0 Å². The van der Waals surface area contributed by atoms with Crippen molar-refractivity contribution in [2.75, 3.05) is 0 Å². The summed E-state index contributed by atoms with van der Waals surface area (Å²) in [6.07, 6.45) is 0. The van der Waals surface area contributed by atoms with Crippen molar-refractivity contribution in [3.05, 3.63) is 146 Å². The molecule has 0 radical (unpaired) electrons. The summed E-state index contributed by atoms with van der Waals surface area (Å²) in [6.45, 7) is 0. The third-order valence-corrected chi connectivity index (χ3v) is 6.88. The highest BCUT2D eigenvalue weighted by atomic mass is 35.5. The van der Waals surface area contributed by atoms with Crippen LogP contribution in [0.1, 0.15) is 0 Å². The SMILES string of the molecule is F.F.F.F.F.Sc1ccc(Cl)cc1.Sc1ccc(Cl)cc1.Sc1ccc(Cl)cc1.Sc1ccc(Cl)cc1.Sc1ccc(Cl)cc1. The Morgan fingerprint density at radius 1 is 0.222 bits per heavy atom. The van der Waals surface area contributed by atoms with Crippen molar-refractivity contribution in [1.29, 1.82) is 0 Å². The normalized spacial score (nSPS) is 8.22. The van der Waals surface area contributed by atoms with Crippen LogP contribution in [0, 0.1) is 0 Å². The molecular formula is C30H30Cl5F5S5. The van der Waals surface area contributed by atoms with Crippen molar-refractivity contribution >= 4 is 121 Å². The standard InChI is InChI=1S/5C6H5ClS.5FH/c5*7-5-1-3-6(8)4-2-5;;;;;/h5*1-4,8H;5*1H. The molecule has 5 aromatic rings. The van der Waals surface area contributed by atoms with Gasteiger partial charge in [-0.05, 0) is 121 Å². The molecule has 0 amide bonds. The van der Waals surface area contributed by atoms with Gasteiger partial charge in [0.1, 0.15) is 0 Å². The maximum atomic E-state index is 5.58. The zero-order valence-electron chi connectivity index (χ0n) is 22.7. The summed E-state index contributed by atoms with van der Waals surface area (Å²) in [7, 11) is 0. The highest BCUT2D eigenvalue weighted by Gasteiger charge is 1.85. The molecule has 0 atom stereocenters. The molecule has 5 aromatic carbocycles. The van der Waals surface area contributed by atoms with Crippen LogP contribution in [0.3, 0.4) is 0 Å². The van der Waals surface area contributed by atoms with Gasteiger partial charge in [0, 0.05) is 49.6 Å². The van der Waals surface area contributed by atoms with Gasteiger partial charge in [-0.15, -0.1) is 63.1 Å². The van der Waals surface area contributed by atoms with Crippen LogP contribution in [0.25, 0.3) is 0 Å². The Morgan fingerprint density at radius 3 is 0.378 bits per heavy atom. The number of thiol groups is 5. The predicted octanol–water partition coefficient (Wildman–Crippen LogP) is 13.9. The van der Waals surface area contributed by atoms with Crippen LogP contribution in [-0.2, 0) is 0 Å². The van der Waals surface area contributed by atoms with Gasteiger partial charge >= 0.3 is 0 Å². The van der Waals surface area contributed by atoms with Crippen molar-refractivity contribution < 1.29 is 23.5 Å². The molecule has 0 spiro atoms. The van der Waals surface area contributed by atoms with Gasteiger partial charge in [0.05, 0.1) is 0 Å². The van der Waals surface area contributed by atoms with E-state index in [9.17, 15) is 0 Å². The highest BCUT2D eigenvalue weighted by molar-refractivity contribution is 7.81. The highest BCUT2D eigenvalue weighted by Crippen LogP contribution is 2.14. The van der Waals surface area contributed by atoms with E-state index in [1.54, 1.807) is 0 Å². The lowest BCUT2D eigenvalue weighted by Gasteiger charge is -1.87. The van der Waals surface area contributed by atoms with Gasteiger partial charge in [-0.3, -0.25) is 23.5 Å². The van der Waals surface area contributed by atoms with E-state index in [4.69, 9.17) is 58.0 Å². The fourth-order valence-electron chi connectivity index (χ4n) is 2.21. The first-order valence-corrected chi connectivity index (χ1v) is 15.3. The van der Waals surface area contributed by atoms with Crippen LogP contribution in [0.15, 0.2) is 146 Å². The molecule has 0 nitrogen and oxygen atoms in total. The molecule has 0 aromatic heterocycles. The van der Waals surface area contributed by atoms with Gasteiger partial charge in [0.15, 0.2) is 0 Å². The van der Waals surface area contributed by atoms with E-state index < -0.39 is 0 Å². The Balaban J connectivity index is -0.000000144. The first-order chi connectivity index (χ1) is 18.9. The number of halogens is 10. The lowest BCUT2D eigenvalue weighted by Crippen LogP contribution is -1.61. The third-order valence-electron chi connectivity index (χ3n) is 4.13. The number of hydrogen-bond donors (Lipinski definition) is 5. The summed E-state index contributed by atoms with van der Waals surface area (Å²) in [5.74, 6) is 0. The maximum absolute atomic E-state index is 5.58. The van der Waals surface area contributed by atoms with Gasteiger partial charge in [-0.1, -0.05) is 58.0 Å². The monoisotopic (exact) mass is 820 g/mol. The molecule has 0 saturated heterocycles. The van der Waals surface area contributed by atoms with E-state index in [0.29, 0.717) is 0 Å². The molecule has 0 aliphatic carbocycles. The largest absolute Gasteiger partial charge is 0.269 e. The Kier molecular flexibility index (Phi) is 37.5. The zero-order valence-corrected chi connectivity index (χ0v) is 31.0. The van der Waals surface area contributed by atoms with Crippen molar-refractivity contribution in [3.8, 4) is 0 Å². The smallest absolute Gasteiger partial charge is 0.0406 e. The Labute approximate surface area is 313 Å². The molecule has 0 unspecified atom stereocenters. The van der Waals surface area contributed by atoms with Gasteiger partial charge in [-0.25, -0.2) is 0 Å². The van der Waals surface area contributed by atoms with Crippen LogP contribution in [-0.4, -0.2) is 0 Å². The van der Waals surface area contributed by atoms with Crippen LogP contribution < -0.4 is 0 Å². The van der Waals surface area contributed by atoms with E-state index >= 15 is 0 Å². The van der Waals surface area contributed by atoms with Gasteiger partial charge in [-0.2, -0.15) is 0 Å². The first-order valence-electron chi connectivity index (χ1n) is 11.2. The first kappa shape index (κ1) is 53.4. The Bertz CT molecular complexity index is 1010. The molecule has 5 rings (SSSR count). The molecule has 45 heavy (non-hydrogen) atoms. The second-order valence-electron chi connectivity index (χ2n) is 7.38. The van der Waals surface area contributed by atoms with E-state index in [0.717, 1.165) is 49.6 Å². The van der Waals surface area contributed by atoms with Crippen molar-refractivity contribution in [3.63, 3.8) is 0 Å². The number of rotatable bonds is 0. The third kappa shape index (κ3) is 30.1. The lowest BCUT2D eigenvalue weighted by molar-refractivity contribution is 1.11. The molecule has 15 heteroatoms. The zero-order chi connectivity index (χ0) is 29.9. The predicted molar refractivity (Wildman–Crippen MR) is 206 cm³/mol. The Hall–Kier alpha value is -1.05. The van der Waals surface area contributed by atoms with Gasteiger partial charge in [0.25, 0.3) is 0 Å². The lowest BCUT2D eigenvalue weighted by atomic mass is 10.4. The van der Waals surface area contributed by atoms with Crippen LogP contribution >= 0.6 is 121 Å². The second-order valence-corrected chi connectivity index (χ2v) is 12.1. The molecular weight excluding hydrogens is 793 g/mol. The quantitative estimate of drug-likeness (QED) is 0.0746. The summed E-state index contributed by atoms with van der Waals surface area (Å²) < 4.78 is 0.